The van der Waals surface area contributed by atoms with Crippen LogP contribution in [0.25, 0.3) is 10.9 Å². The number of aryl methyl sites for hydroxylation is 1. The largest absolute Gasteiger partial charge is 0.497 e. The normalized spacial score (nSPS) is 16.9. The number of hydrogen-bond donors (Lipinski definition) is 5. The maximum absolute atomic E-state index is 13.9. The summed E-state index contributed by atoms with van der Waals surface area (Å²) in [5.74, 6) is 0.756. The number of carbonyl (C=O) groups excluding carboxylic acids is 1. The van der Waals surface area contributed by atoms with Gasteiger partial charge in [-0.15, -0.1) is 10.8 Å². The number of aromatic nitrogens is 1. The lowest BCUT2D eigenvalue weighted by Gasteiger charge is -2.47. The van der Waals surface area contributed by atoms with Crippen LogP contribution in [0.4, 0.5) is 5.69 Å². The molecule has 1 amide bonds. The number of fused-ring (bicyclic) bond motifs is 1. The Balaban J connectivity index is 1.39. The van der Waals surface area contributed by atoms with Crippen LogP contribution < -0.4 is 19.7 Å². The molecule has 5 rings (SSSR count). The van der Waals surface area contributed by atoms with Crippen molar-refractivity contribution in [2.45, 2.75) is 51.4 Å². The summed E-state index contributed by atoms with van der Waals surface area (Å²) in [5, 5.41) is 18.6. The molecule has 2 heterocycles. The van der Waals surface area contributed by atoms with Crippen LogP contribution >= 0.6 is 10.8 Å². The van der Waals surface area contributed by atoms with Crippen molar-refractivity contribution in [1.82, 2.24) is 15.2 Å². The highest BCUT2D eigenvalue weighted by molar-refractivity contribution is 8.25. The number of benzene rings is 3. The predicted molar refractivity (Wildman–Crippen MR) is 174 cm³/mol. The number of ether oxygens (including phenoxy) is 1. The van der Waals surface area contributed by atoms with E-state index < -0.39 is 22.9 Å². The number of nitrogens with zero attached hydrogens (tertiary/aromatic N) is 2. The summed E-state index contributed by atoms with van der Waals surface area (Å²) in [5.41, 5.74) is 3.93. The Labute approximate surface area is 255 Å². The van der Waals surface area contributed by atoms with Crippen LogP contribution in [0.15, 0.2) is 79.0 Å². The molecule has 4 aromatic rings. The van der Waals surface area contributed by atoms with Crippen molar-refractivity contribution in [3.63, 3.8) is 0 Å². The van der Waals surface area contributed by atoms with Crippen LogP contribution in [0.2, 0.25) is 0 Å². The standard InChI is InChI=1S/C33H42N4O5S/c1-3-36-16-14-28-30(36)20-26(21-31(28)37-15-7-8-17-43(37,40)41)33(39)35-29(19-24-10-5-4-6-11-24)32(38)23-34-22-25-12-9-13-27(18-25)42-2/h4-6,9-14,16,18,20-21,29,32,34,38,40-41H,3,7-8,15,17,19,22-23H2,1-2H3,(H,35,39)/t29-,32+/m0/s1. The van der Waals surface area contributed by atoms with E-state index in [0.29, 0.717) is 43.1 Å². The maximum atomic E-state index is 13.9. The molecular weight excluding hydrogens is 564 g/mol. The molecule has 43 heavy (non-hydrogen) atoms. The molecule has 0 bridgehead atoms. The minimum Gasteiger partial charge on any atom is -0.497 e. The lowest BCUT2D eigenvalue weighted by molar-refractivity contribution is 0.0830. The fraction of sp³-hybridized carbons (Fsp3) is 0.364. The average molecular weight is 607 g/mol. The molecule has 10 heteroatoms. The topological polar surface area (TPSA) is 119 Å². The van der Waals surface area contributed by atoms with Gasteiger partial charge >= 0.3 is 0 Å². The zero-order valence-electron chi connectivity index (χ0n) is 24.8. The van der Waals surface area contributed by atoms with E-state index in [1.54, 1.807) is 17.5 Å². The molecular formula is C33H42N4O5S. The van der Waals surface area contributed by atoms with E-state index in [1.807, 2.05) is 84.4 Å². The van der Waals surface area contributed by atoms with Crippen LogP contribution in [0, 0.1) is 0 Å². The summed E-state index contributed by atoms with van der Waals surface area (Å²) in [4.78, 5) is 13.9. The second kappa shape index (κ2) is 13.8. The molecule has 5 N–H and O–H groups in total. The van der Waals surface area contributed by atoms with Crippen molar-refractivity contribution >= 4 is 33.3 Å². The molecule has 2 atom stereocenters. The van der Waals surface area contributed by atoms with Gasteiger partial charge in [0.25, 0.3) is 5.91 Å². The monoisotopic (exact) mass is 606 g/mol. The van der Waals surface area contributed by atoms with Crippen LogP contribution in [0.1, 0.15) is 41.3 Å². The van der Waals surface area contributed by atoms with Crippen LogP contribution in [-0.4, -0.2) is 62.8 Å². The lowest BCUT2D eigenvalue weighted by Crippen LogP contribution is -2.48. The number of anilines is 1. The fourth-order valence-corrected chi connectivity index (χ4v) is 7.37. The molecule has 9 nitrogen and oxygen atoms in total. The van der Waals surface area contributed by atoms with Gasteiger partial charge in [-0.25, -0.2) is 0 Å². The van der Waals surface area contributed by atoms with Crippen LogP contribution in [0.5, 0.6) is 5.75 Å². The first-order chi connectivity index (χ1) is 20.8. The highest BCUT2D eigenvalue weighted by Crippen LogP contribution is 2.51. The predicted octanol–water partition coefficient (Wildman–Crippen LogP) is 5.43. The summed E-state index contributed by atoms with van der Waals surface area (Å²) >= 11 is 0. The summed E-state index contributed by atoms with van der Waals surface area (Å²) < 4.78 is 30.9. The van der Waals surface area contributed by atoms with E-state index in [-0.39, 0.29) is 12.5 Å². The van der Waals surface area contributed by atoms with Crippen molar-refractivity contribution in [1.29, 1.82) is 0 Å². The van der Waals surface area contributed by atoms with Gasteiger partial charge in [0.05, 0.1) is 36.2 Å². The van der Waals surface area contributed by atoms with E-state index >= 15 is 0 Å². The van der Waals surface area contributed by atoms with Gasteiger partial charge in [0.15, 0.2) is 0 Å². The average Bonchev–Trinajstić information content (AvgIpc) is 3.44. The lowest BCUT2D eigenvalue weighted by atomic mass is 10.00. The molecule has 3 aromatic carbocycles. The van der Waals surface area contributed by atoms with Gasteiger partial charge in [-0.3, -0.25) is 18.2 Å². The highest BCUT2D eigenvalue weighted by atomic mass is 32.3. The van der Waals surface area contributed by atoms with Gasteiger partial charge in [0, 0.05) is 43.3 Å². The van der Waals surface area contributed by atoms with E-state index in [0.717, 1.165) is 40.6 Å². The molecule has 1 fully saturated rings. The van der Waals surface area contributed by atoms with Crippen LogP contribution in [-0.2, 0) is 19.5 Å². The van der Waals surface area contributed by atoms with E-state index in [4.69, 9.17) is 4.74 Å². The molecule has 0 saturated carbocycles. The van der Waals surface area contributed by atoms with E-state index in [2.05, 4.69) is 10.6 Å². The number of amides is 1. The summed E-state index contributed by atoms with van der Waals surface area (Å²) in [6.45, 7) is 4.06. The maximum Gasteiger partial charge on any atom is 0.251 e. The fourth-order valence-electron chi connectivity index (χ4n) is 5.67. The molecule has 1 aliphatic heterocycles. The summed E-state index contributed by atoms with van der Waals surface area (Å²) in [7, 11) is -1.36. The van der Waals surface area contributed by atoms with Crippen molar-refractivity contribution < 1.29 is 23.7 Å². The second-order valence-corrected chi connectivity index (χ2v) is 13.1. The van der Waals surface area contributed by atoms with Crippen LogP contribution in [0.3, 0.4) is 0 Å². The minimum absolute atomic E-state index is 0.270. The van der Waals surface area contributed by atoms with Gasteiger partial charge in [-0.05, 0) is 67.6 Å². The van der Waals surface area contributed by atoms with Crippen molar-refractivity contribution in [2.75, 3.05) is 30.3 Å². The molecule has 0 unspecified atom stereocenters. The minimum atomic E-state index is -2.99. The van der Waals surface area contributed by atoms with Crippen molar-refractivity contribution in [3.05, 3.63) is 95.7 Å². The Kier molecular flexibility index (Phi) is 9.94. The van der Waals surface area contributed by atoms with Gasteiger partial charge in [-0.2, -0.15) is 0 Å². The van der Waals surface area contributed by atoms with Gasteiger partial charge < -0.3 is 25.0 Å². The smallest absolute Gasteiger partial charge is 0.251 e. The number of aliphatic hydroxyl groups excluding tert-OH is 1. The first-order valence-corrected chi connectivity index (χ1v) is 16.5. The number of methoxy groups -OCH3 is 1. The number of carbonyl (C=O) groups is 1. The highest BCUT2D eigenvalue weighted by Gasteiger charge is 2.30. The van der Waals surface area contributed by atoms with Gasteiger partial charge in [0.2, 0.25) is 0 Å². The molecule has 0 spiro atoms. The first-order valence-electron chi connectivity index (χ1n) is 14.8. The second-order valence-electron chi connectivity index (χ2n) is 11.0. The summed E-state index contributed by atoms with van der Waals surface area (Å²) in [6.07, 6.45) is 3.13. The number of rotatable bonds is 12. The molecule has 0 radical (unpaired) electrons. The third-order valence-corrected chi connectivity index (χ3v) is 9.94. The SMILES string of the molecule is CCn1ccc2c(N3CCCCS3(O)O)cc(C(=O)N[C@@H](Cc3ccccc3)[C@H](O)CNCc3cccc(OC)c3)cc21. The summed E-state index contributed by atoms with van der Waals surface area (Å²) in [6, 6.07) is 22.5. The van der Waals surface area contributed by atoms with Gasteiger partial charge in [-0.1, -0.05) is 42.5 Å². The number of aliphatic hydroxyl groups is 1. The molecule has 1 aromatic heterocycles. The Hall–Kier alpha value is -3.54. The zero-order chi connectivity index (χ0) is 30.4. The molecule has 1 saturated heterocycles. The van der Waals surface area contributed by atoms with Crippen molar-refractivity contribution in [3.8, 4) is 5.75 Å². The zero-order valence-corrected chi connectivity index (χ0v) is 25.6. The number of nitrogens with one attached hydrogen (secondary N) is 2. The Morgan fingerprint density at radius 1 is 1.02 bits per heavy atom. The quantitative estimate of drug-likeness (QED) is 0.146. The Morgan fingerprint density at radius 2 is 1.81 bits per heavy atom. The molecule has 1 aliphatic rings. The first kappa shape index (κ1) is 30.9. The van der Waals surface area contributed by atoms with Crippen molar-refractivity contribution in [2.24, 2.45) is 0 Å². The third kappa shape index (κ3) is 7.34. The number of hydrogen-bond acceptors (Lipinski definition) is 7. The third-order valence-electron chi connectivity index (χ3n) is 8.02. The van der Waals surface area contributed by atoms with E-state index in [1.165, 1.54) is 0 Å². The molecule has 0 aliphatic carbocycles. The Morgan fingerprint density at radius 3 is 2.56 bits per heavy atom. The Bertz CT molecular complexity index is 1530. The van der Waals surface area contributed by atoms with E-state index in [9.17, 15) is 19.0 Å². The molecule has 230 valence electrons. The van der Waals surface area contributed by atoms with Gasteiger partial charge in [0.1, 0.15) is 5.75 Å².